The third-order valence-electron chi connectivity index (χ3n) is 4.56. The maximum Gasteiger partial charge on any atom is 0.0252 e. The highest BCUT2D eigenvalue weighted by atomic mass is 15.3. The highest BCUT2D eigenvalue weighted by Gasteiger charge is 2.36. The molecule has 1 aliphatic heterocycles. The number of likely N-dealkylation sites (tertiary alicyclic amines) is 1. The van der Waals surface area contributed by atoms with Crippen LogP contribution in [0, 0.1) is 0 Å². The van der Waals surface area contributed by atoms with Crippen LogP contribution >= 0.6 is 0 Å². The fourth-order valence-corrected chi connectivity index (χ4v) is 3.65. The molecule has 0 amide bonds. The zero-order valence-corrected chi connectivity index (χ0v) is 12.5. The lowest BCUT2D eigenvalue weighted by Crippen LogP contribution is -2.52. The van der Waals surface area contributed by atoms with Crippen LogP contribution in [0.15, 0.2) is 0 Å². The van der Waals surface area contributed by atoms with Crippen molar-refractivity contribution in [1.29, 1.82) is 0 Å². The molecule has 2 heteroatoms. The summed E-state index contributed by atoms with van der Waals surface area (Å²) in [7, 11) is 2.13. The summed E-state index contributed by atoms with van der Waals surface area (Å²) in [6.07, 6.45) is 7.94. The van der Waals surface area contributed by atoms with E-state index in [1.54, 1.807) is 0 Å². The normalized spacial score (nSPS) is 29.5. The molecule has 0 aromatic rings. The maximum absolute atomic E-state index is 3.55. The van der Waals surface area contributed by atoms with Gasteiger partial charge in [-0.25, -0.2) is 0 Å². The summed E-state index contributed by atoms with van der Waals surface area (Å²) in [6, 6.07) is 2.99. The summed E-state index contributed by atoms with van der Waals surface area (Å²) < 4.78 is 0. The van der Waals surface area contributed by atoms with Crippen molar-refractivity contribution >= 4 is 0 Å². The zero-order chi connectivity index (χ0) is 12.8. The van der Waals surface area contributed by atoms with Crippen LogP contribution in [0.1, 0.15) is 66.2 Å². The number of hydrogen-bond acceptors (Lipinski definition) is 2. The summed E-state index contributed by atoms with van der Waals surface area (Å²) in [5.41, 5.74) is 0. The van der Waals surface area contributed by atoms with Crippen LogP contribution < -0.4 is 5.32 Å². The molecule has 4 unspecified atom stereocenters. The van der Waals surface area contributed by atoms with Gasteiger partial charge in [0.15, 0.2) is 0 Å². The predicted octanol–water partition coefficient (Wildman–Crippen LogP) is 3.42. The van der Waals surface area contributed by atoms with Gasteiger partial charge in [-0.1, -0.05) is 27.2 Å². The average Bonchev–Trinajstić information content (AvgIpc) is 2.71. The molecular weight excluding hydrogens is 208 g/mol. The van der Waals surface area contributed by atoms with Crippen molar-refractivity contribution in [3.05, 3.63) is 0 Å². The molecule has 1 N–H and O–H groups in total. The minimum atomic E-state index is 0.666. The fraction of sp³-hybridized carbons (Fsp3) is 1.00. The summed E-state index contributed by atoms with van der Waals surface area (Å²) in [6.45, 7) is 9.40. The third-order valence-corrected chi connectivity index (χ3v) is 4.56. The number of hydrogen-bond donors (Lipinski definition) is 1. The van der Waals surface area contributed by atoms with Gasteiger partial charge in [-0.3, -0.25) is 4.90 Å². The van der Waals surface area contributed by atoms with Crippen molar-refractivity contribution < 1.29 is 0 Å². The van der Waals surface area contributed by atoms with E-state index < -0.39 is 0 Å². The van der Waals surface area contributed by atoms with Gasteiger partial charge in [0.05, 0.1) is 0 Å². The first kappa shape index (κ1) is 15.0. The van der Waals surface area contributed by atoms with Gasteiger partial charge in [0, 0.05) is 24.2 Å². The Hall–Kier alpha value is -0.0800. The second-order valence-corrected chi connectivity index (χ2v) is 5.60. The van der Waals surface area contributed by atoms with E-state index in [9.17, 15) is 0 Å². The standard InChI is InChI=1S/C15H32N2/c1-6-9-14(16-5)15(8-3)17-12(4)10-11-13(17)7-2/h12-16H,6-11H2,1-5H3. The lowest BCUT2D eigenvalue weighted by Gasteiger charge is -2.40. The Morgan fingerprint density at radius 2 is 1.94 bits per heavy atom. The third kappa shape index (κ3) is 3.45. The molecule has 1 heterocycles. The monoisotopic (exact) mass is 240 g/mol. The number of rotatable bonds is 7. The SMILES string of the molecule is CCCC(NC)C(CC)N1C(C)CCC1CC. The zero-order valence-electron chi connectivity index (χ0n) is 12.5. The fourth-order valence-electron chi connectivity index (χ4n) is 3.65. The first-order valence-electron chi connectivity index (χ1n) is 7.64. The van der Waals surface area contributed by atoms with E-state index in [1.807, 2.05) is 0 Å². The maximum atomic E-state index is 3.55. The molecule has 102 valence electrons. The average molecular weight is 240 g/mol. The number of nitrogens with zero attached hydrogens (tertiary/aromatic N) is 1. The molecule has 17 heavy (non-hydrogen) atoms. The van der Waals surface area contributed by atoms with E-state index in [-0.39, 0.29) is 0 Å². The van der Waals surface area contributed by atoms with Crippen LogP contribution in [0.2, 0.25) is 0 Å². The highest BCUT2D eigenvalue weighted by molar-refractivity contribution is 4.93. The van der Waals surface area contributed by atoms with Crippen molar-refractivity contribution in [3.8, 4) is 0 Å². The van der Waals surface area contributed by atoms with E-state index in [2.05, 4.69) is 45.0 Å². The van der Waals surface area contributed by atoms with Crippen LogP contribution in [0.3, 0.4) is 0 Å². The van der Waals surface area contributed by atoms with Gasteiger partial charge in [-0.05, 0) is 46.1 Å². The number of likely N-dealkylation sites (N-methyl/N-ethyl adjacent to an activating group) is 1. The van der Waals surface area contributed by atoms with Gasteiger partial charge in [0.25, 0.3) is 0 Å². The van der Waals surface area contributed by atoms with Gasteiger partial charge in [-0.2, -0.15) is 0 Å². The van der Waals surface area contributed by atoms with E-state index in [1.165, 1.54) is 38.5 Å². The minimum absolute atomic E-state index is 0.666. The Kier molecular flexibility index (Phi) is 6.50. The molecule has 0 bridgehead atoms. The van der Waals surface area contributed by atoms with Gasteiger partial charge >= 0.3 is 0 Å². The van der Waals surface area contributed by atoms with Gasteiger partial charge in [-0.15, -0.1) is 0 Å². The topological polar surface area (TPSA) is 15.3 Å². The molecule has 0 aliphatic carbocycles. The van der Waals surface area contributed by atoms with Gasteiger partial charge < -0.3 is 5.32 Å². The molecule has 0 saturated carbocycles. The van der Waals surface area contributed by atoms with Gasteiger partial charge in [0.2, 0.25) is 0 Å². The van der Waals surface area contributed by atoms with E-state index in [0.29, 0.717) is 6.04 Å². The minimum Gasteiger partial charge on any atom is -0.315 e. The summed E-state index contributed by atoms with van der Waals surface area (Å²) in [4.78, 5) is 2.82. The van der Waals surface area contributed by atoms with Crippen molar-refractivity contribution in [2.45, 2.75) is 90.4 Å². The molecule has 0 spiro atoms. The predicted molar refractivity (Wildman–Crippen MR) is 76.4 cm³/mol. The molecule has 0 radical (unpaired) electrons. The van der Waals surface area contributed by atoms with E-state index >= 15 is 0 Å². The summed E-state index contributed by atoms with van der Waals surface area (Å²) in [5.74, 6) is 0. The molecule has 1 rings (SSSR count). The van der Waals surface area contributed by atoms with Gasteiger partial charge in [0.1, 0.15) is 0 Å². The largest absolute Gasteiger partial charge is 0.315 e. The Labute approximate surface area is 108 Å². The van der Waals surface area contributed by atoms with Crippen LogP contribution in [0.5, 0.6) is 0 Å². The van der Waals surface area contributed by atoms with Crippen molar-refractivity contribution in [1.82, 2.24) is 10.2 Å². The Balaban J connectivity index is 2.75. The molecule has 0 aromatic heterocycles. The molecule has 1 aliphatic rings. The first-order chi connectivity index (χ1) is 8.19. The molecular formula is C15H32N2. The Morgan fingerprint density at radius 3 is 2.41 bits per heavy atom. The lowest BCUT2D eigenvalue weighted by atomic mass is 9.97. The summed E-state index contributed by atoms with van der Waals surface area (Å²) >= 11 is 0. The van der Waals surface area contributed by atoms with Crippen molar-refractivity contribution in [2.75, 3.05) is 7.05 Å². The molecule has 2 nitrogen and oxygen atoms in total. The highest BCUT2D eigenvalue weighted by Crippen LogP contribution is 2.31. The Morgan fingerprint density at radius 1 is 1.24 bits per heavy atom. The van der Waals surface area contributed by atoms with Crippen molar-refractivity contribution in [3.63, 3.8) is 0 Å². The van der Waals surface area contributed by atoms with E-state index in [4.69, 9.17) is 0 Å². The van der Waals surface area contributed by atoms with Crippen molar-refractivity contribution in [2.24, 2.45) is 0 Å². The van der Waals surface area contributed by atoms with Crippen LogP contribution in [-0.4, -0.2) is 36.1 Å². The molecule has 4 atom stereocenters. The molecule has 1 saturated heterocycles. The molecule has 0 aromatic carbocycles. The van der Waals surface area contributed by atoms with Crippen LogP contribution in [0.25, 0.3) is 0 Å². The smallest absolute Gasteiger partial charge is 0.0252 e. The second kappa shape index (κ2) is 7.38. The van der Waals surface area contributed by atoms with Crippen LogP contribution in [-0.2, 0) is 0 Å². The van der Waals surface area contributed by atoms with Crippen LogP contribution in [0.4, 0.5) is 0 Å². The summed E-state index contributed by atoms with van der Waals surface area (Å²) in [5, 5.41) is 3.55. The van der Waals surface area contributed by atoms with E-state index in [0.717, 1.165) is 18.1 Å². The number of nitrogens with one attached hydrogen (secondary N) is 1. The first-order valence-corrected chi connectivity index (χ1v) is 7.64. The second-order valence-electron chi connectivity index (χ2n) is 5.60. The Bertz CT molecular complexity index is 205. The lowest BCUT2D eigenvalue weighted by molar-refractivity contribution is 0.0982. The quantitative estimate of drug-likeness (QED) is 0.733. The molecule has 1 fully saturated rings.